The molecule has 0 amide bonds. The van der Waals surface area contributed by atoms with Gasteiger partial charge in [0.2, 0.25) is 0 Å². The van der Waals surface area contributed by atoms with Crippen LogP contribution in [0.3, 0.4) is 0 Å². The van der Waals surface area contributed by atoms with Crippen LogP contribution in [0.1, 0.15) is 38.7 Å². The van der Waals surface area contributed by atoms with Crippen molar-refractivity contribution in [3.8, 4) is 0 Å². The van der Waals surface area contributed by atoms with Crippen molar-refractivity contribution in [3.05, 3.63) is 35.6 Å². The third-order valence-corrected chi connectivity index (χ3v) is 2.55. The van der Waals surface area contributed by atoms with E-state index < -0.39 is 0 Å². The average molecular weight is 209 g/mol. The van der Waals surface area contributed by atoms with E-state index in [1.807, 2.05) is 6.07 Å². The zero-order valence-electron chi connectivity index (χ0n) is 9.76. The van der Waals surface area contributed by atoms with Gasteiger partial charge in [-0.2, -0.15) is 0 Å². The van der Waals surface area contributed by atoms with Crippen LogP contribution < -0.4 is 5.32 Å². The molecule has 0 saturated heterocycles. The molecular weight excluding hydrogens is 189 g/mol. The number of benzene rings is 1. The van der Waals surface area contributed by atoms with E-state index in [2.05, 4.69) is 26.1 Å². The van der Waals surface area contributed by atoms with Gasteiger partial charge in [-0.25, -0.2) is 4.39 Å². The predicted molar refractivity (Wildman–Crippen MR) is 62.6 cm³/mol. The van der Waals surface area contributed by atoms with Crippen LogP contribution in [0.15, 0.2) is 24.3 Å². The van der Waals surface area contributed by atoms with E-state index >= 15 is 0 Å². The van der Waals surface area contributed by atoms with E-state index in [9.17, 15) is 4.39 Å². The Hall–Kier alpha value is -0.890. The molecule has 0 aliphatic heterocycles. The van der Waals surface area contributed by atoms with Crippen LogP contribution >= 0.6 is 0 Å². The summed E-state index contributed by atoms with van der Waals surface area (Å²) in [6.07, 6.45) is 1.04. The highest BCUT2D eigenvalue weighted by molar-refractivity contribution is 5.19. The lowest BCUT2D eigenvalue weighted by atomic mass is 9.98. The van der Waals surface area contributed by atoms with Gasteiger partial charge in [-0.3, -0.25) is 0 Å². The lowest BCUT2D eigenvalue weighted by molar-refractivity contribution is 0.539. The van der Waals surface area contributed by atoms with Crippen LogP contribution in [0, 0.1) is 5.82 Å². The normalized spacial score (nSPS) is 13.1. The summed E-state index contributed by atoms with van der Waals surface area (Å²) >= 11 is 0. The minimum absolute atomic E-state index is 0.142. The number of rotatable bonds is 5. The van der Waals surface area contributed by atoms with Gasteiger partial charge in [0.15, 0.2) is 0 Å². The first-order valence-electron chi connectivity index (χ1n) is 5.58. The first-order chi connectivity index (χ1) is 7.09. The second-order valence-corrected chi connectivity index (χ2v) is 4.35. The highest BCUT2D eigenvalue weighted by Crippen LogP contribution is 2.18. The summed E-state index contributed by atoms with van der Waals surface area (Å²) in [6, 6.07) is 7.40. The summed E-state index contributed by atoms with van der Waals surface area (Å²) in [5.41, 5.74) is 1.08. The summed E-state index contributed by atoms with van der Waals surface area (Å²) in [4.78, 5) is 0. The van der Waals surface area contributed by atoms with Crippen molar-refractivity contribution >= 4 is 0 Å². The van der Waals surface area contributed by atoms with Gasteiger partial charge in [0.1, 0.15) is 5.82 Å². The van der Waals surface area contributed by atoms with Crippen molar-refractivity contribution < 1.29 is 4.39 Å². The van der Waals surface area contributed by atoms with Crippen molar-refractivity contribution in [2.24, 2.45) is 0 Å². The molecule has 0 aromatic heterocycles. The largest absolute Gasteiger partial charge is 0.315 e. The van der Waals surface area contributed by atoms with E-state index in [1.165, 1.54) is 6.07 Å². The predicted octanol–water partition coefficient (Wildman–Crippen LogP) is 3.32. The van der Waals surface area contributed by atoms with E-state index in [1.54, 1.807) is 12.1 Å². The van der Waals surface area contributed by atoms with Crippen molar-refractivity contribution in [1.29, 1.82) is 0 Å². The lowest BCUT2D eigenvalue weighted by Gasteiger charge is -2.14. The van der Waals surface area contributed by atoms with Crippen molar-refractivity contribution in [1.82, 2.24) is 5.32 Å². The molecule has 2 heteroatoms. The molecule has 0 saturated carbocycles. The van der Waals surface area contributed by atoms with Gasteiger partial charge < -0.3 is 5.32 Å². The van der Waals surface area contributed by atoms with Crippen molar-refractivity contribution in [3.63, 3.8) is 0 Å². The Morgan fingerprint density at radius 3 is 2.60 bits per heavy atom. The van der Waals surface area contributed by atoms with Crippen molar-refractivity contribution in [2.45, 2.75) is 39.2 Å². The Bertz CT molecular complexity index is 296. The van der Waals surface area contributed by atoms with E-state index in [0.29, 0.717) is 12.0 Å². The molecule has 0 radical (unpaired) electrons. The third-order valence-electron chi connectivity index (χ3n) is 2.55. The van der Waals surface area contributed by atoms with Gasteiger partial charge in [0, 0.05) is 6.04 Å². The summed E-state index contributed by atoms with van der Waals surface area (Å²) in [6.45, 7) is 7.38. The molecule has 1 rings (SSSR count). The Morgan fingerprint density at radius 1 is 1.27 bits per heavy atom. The Kier molecular flexibility index (Phi) is 4.76. The third kappa shape index (κ3) is 4.43. The lowest BCUT2D eigenvalue weighted by Crippen LogP contribution is -2.24. The molecule has 0 fully saturated rings. The van der Waals surface area contributed by atoms with Gasteiger partial charge >= 0.3 is 0 Å². The molecule has 0 spiro atoms. The Morgan fingerprint density at radius 2 is 2.00 bits per heavy atom. The average Bonchev–Trinajstić information content (AvgIpc) is 2.17. The molecule has 0 bridgehead atoms. The molecule has 0 aliphatic rings. The molecule has 1 aromatic rings. The maximum Gasteiger partial charge on any atom is 0.123 e. The highest BCUT2D eigenvalue weighted by Gasteiger charge is 2.06. The van der Waals surface area contributed by atoms with Gasteiger partial charge in [-0.15, -0.1) is 0 Å². The fourth-order valence-corrected chi connectivity index (χ4v) is 1.57. The van der Waals surface area contributed by atoms with Gasteiger partial charge in [-0.05, 0) is 36.6 Å². The fraction of sp³-hybridized carbons (Fsp3) is 0.538. The minimum Gasteiger partial charge on any atom is -0.315 e. The molecule has 1 atom stereocenters. The van der Waals surface area contributed by atoms with E-state index in [4.69, 9.17) is 0 Å². The Labute approximate surface area is 91.7 Å². The van der Waals surface area contributed by atoms with Crippen LogP contribution in [-0.2, 0) is 0 Å². The smallest absolute Gasteiger partial charge is 0.123 e. The second-order valence-electron chi connectivity index (χ2n) is 4.35. The topological polar surface area (TPSA) is 12.0 Å². The second kappa shape index (κ2) is 5.86. The van der Waals surface area contributed by atoms with Crippen molar-refractivity contribution in [2.75, 3.05) is 6.54 Å². The summed E-state index contributed by atoms with van der Waals surface area (Å²) in [7, 11) is 0. The first kappa shape index (κ1) is 12.2. The molecule has 1 N–H and O–H groups in total. The summed E-state index contributed by atoms with van der Waals surface area (Å²) < 4.78 is 13.0. The SMILES string of the molecule is CC(C)NCCC(C)c1cccc(F)c1. The Balaban J connectivity index is 2.43. The molecule has 84 valence electrons. The van der Waals surface area contributed by atoms with E-state index in [0.717, 1.165) is 18.5 Å². The van der Waals surface area contributed by atoms with Gasteiger partial charge in [-0.1, -0.05) is 32.9 Å². The standard InChI is InChI=1S/C13H20FN/c1-10(2)15-8-7-11(3)12-5-4-6-13(14)9-12/h4-6,9-11,15H,7-8H2,1-3H3. The number of halogens is 1. The maximum absolute atomic E-state index is 13.0. The number of nitrogens with one attached hydrogen (secondary N) is 1. The molecular formula is C13H20FN. The van der Waals surface area contributed by atoms with Gasteiger partial charge in [0.25, 0.3) is 0 Å². The summed E-state index contributed by atoms with van der Waals surface area (Å²) in [5, 5.41) is 3.37. The monoisotopic (exact) mass is 209 g/mol. The summed E-state index contributed by atoms with van der Waals surface area (Å²) in [5.74, 6) is 0.267. The van der Waals surface area contributed by atoms with Gasteiger partial charge in [0.05, 0.1) is 0 Å². The number of hydrogen-bond donors (Lipinski definition) is 1. The van der Waals surface area contributed by atoms with Crippen LogP contribution in [0.2, 0.25) is 0 Å². The molecule has 1 nitrogen and oxygen atoms in total. The molecule has 15 heavy (non-hydrogen) atoms. The number of hydrogen-bond acceptors (Lipinski definition) is 1. The first-order valence-corrected chi connectivity index (χ1v) is 5.58. The zero-order valence-corrected chi connectivity index (χ0v) is 9.76. The van der Waals surface area contributed by atoms with Crippen LogP contribution in [0.25, 0.3) is 0 Å². The maximum atomic E-state index is 13.0. The quantitative estimate of drug-likeness (QED) is 0.784. The van der Waals surface area contributed by atoms with E-state index in [-0.39, 0.29) is 5.82 Å². The zero-order chi connectivity index (χ0) is 11.3. The minimum atomic E-state index is -0.142. The molecule has 0 aliphatic carbocycles. The van der Waals surface area contributed by atoms with Crippen LogP contribution in [0.4, 0.5) is 4.39 Å². The van der Waals surface area contributed by atoms with Crippen LogP contribution in [0.5, 0.6) is 0 Å². The van der Waals surface area contributed by atoms with Crippen LogP contribution in [-0.4, -0.2) is 12.6 Å². The molecule has 1 unspecified atom stereocenters. The fourth-order valence-electron chi connectivity index (χ4n) is 1.57. The molecule has 0 heterocycles. The molecule has 1 aromatic carbocycles. The highest BCUT2D eigenvalue weighted by atomic mass is 19.1.